The molecule has 0 aliphatic rings. The molecule has 0 spiro atoms. The fourth-order valence-electron chi connectivity index (χ4n) is 1.42. The van der Waals surface area contributed by atoms with E-state index >= 15 is 0 Å². The second-order valence-corrected chi connectivity index (χ2v) is 4.06. The average molecular weight is 204 g/mol. The maximum absolute atomic E-state index is 4.67. The Kier molecular flexibility index (Phi) is 4.47. The maximum Gasteiger partial charge on any atom is 0.0837 e. The van der Waals surface area contributed by atoms with Crippen LogP contribution in [0, 0.1) is 5.92 Å². The Morgan fingerprint density at radius 2 is 2.13 bits per heavy atom. The maximum atomic E-state index is 4.67. The van der Waals surface area contributed by atoms with E-state index in [1.165, 1.54) is 6.42 Å². The summed E-state index contributed by atoms with van der Waals surface area (Å²) in [6.07, 6.45) is 2.97. The molecule has 82 valence electrons. The number of pyridine rings is 1. The minimum Gasteiger partial charge on any atom is -0.285 e. The van der Waals surface area contributed by atoms with Gasteiger partial charge in [-0.15, -0.1) is 0 Å². The summed E-state index contributed by atoms with van der Waals surface area (Å²) in [5, 5.41) is 0. The van der Waals surface area contributed by atoms with Crippen LogP contribution in [0.5, 0.6) is 0 Å². The van der Waals surface area contributed by atoms with E-state index in [0.717, 1.165) is 11.4 Å². The molecule has 0 fully saturated rings. The van der Waals surface area contributed by atoms with Gasteiger partial charge >= 0.3 is 0 Å². The first-order valence-corrected chi connectivity index (χ1v) is 5.61. The number of rotatable bonds is 4. The lowest BCUT2D eigenvalue weighted by atomic mass is 10.0. The first kappa shape index (κ1) is 11.9. The van der Waals surface area contributed by atoms with Crippen LogP contribution in [0.25, 0.3) is 0 Å². The van der Waals surface area contributed by atoms with E-state index in [-0.39, 0.29) is 0 Å². The Morgan fingerprint density at radius 3 is 2.67 bits per heavy atom. The van der Waals surface area contributed by atoms with Gasteiger partial charge in [0.15, 0.2) is 0 Å². The lowest BCUT2D eigenvalue weighted by Gasteiger charge is -2.14. The van der Waals surface area contributed by atoms with Gasteiger partial charge in [0.25, 0.3) is 0 Å². The van der Waals surface area contributed by atoms with Crippen molar-refractivity contribution in [2.24, 2.45) is 10.9 Å². The summed E-state index contributed by atoms with van der Waals surface area (Å²) in [5.41, 5.74) is 2.01. The van der Waals surface area contributed by atoms with Crippen molar-refractivity contribution < 1.29 is 0 Å². The van der Waals surface area contributed by atoms with Gasteiger partial charge in [0.2, 0.25) is 0 Å². The molecule has 2 nitrogen and oxygen atoms in total. The van der Waals surface area contributed by atoms with Crippen molar-refractivity contribution in [2.75, 3.05) is 0 Å². The van der Waals surface area contributed by atoms with Crippen LogP contribution in [0.3, 0.4) is 0 Å². The normalized spacial score (nSPS) is 16.1. The number of aromatic nitrogens is 1. The summed E-state index contributed by atoms with van der Waals surface area (Å²) in [6, 6.07) is 6.30. The predicted octanol–water partition coefficient (Wildman–Crippen LogP) is 3.33. The van der Waals surface area contributed by atoms with Gasteiger partial charge in [-0.05, 0) is 31.9 Å². The highest BCUT2D eigenvalue weighted by Gasteiger charge is 2.09. The lowest BCUT2D eigenvalue weighted by Crippen LogP contribution is -2.13. The molecule has 1 rings (SSSR count). The van der Waals surface area contributed by atoms with Crippen molar-refractivity contribution in [1.29, 1.82) is 0 Å². The third-order valence-corrected chi connectivity index (χ3v) is 2.90. The quantitative estimate of drug-likeness (QED) is 0.691. The molecule has 0 N–H and O–H groups in total. The Morgan fingerprint density at radius 1 is 1.40 bits per heavy atom. The Hall–Kier alpha value is -1.18. The highest BCUT2D eigenvalue weighted by atomic mass is 14.8. The number of hydrogen-bond acceptors (Lipinski definition) is 2. The molecule has 1 aromatic heterocycles. The van der Waals surface area contributed by atoms with E-state index in [2.05, 4.69) is 30.7 Å². The van der Waals surface area contributed by atoms with Crippen LogP contribution in [0.2, 0.25) is 0 Å². The Labute approximate surface area is 92.5 Å². The van der Waals surface area contributed by atoms with Gasteiger partial charge in [-0.3, -0.25) is 9.98 Å². The van der Waals surface area contributed by atoms with Crippen LogP contribution in [0.15, 0.2) is 29.4 Å². The van der Waals surface area contributed by atoms with E-state index in [9.17, 15) is 0 Å². The molecule has 0 bridgehead atoms. The van der Waals surface area contributed by atoms with Crippen molar-refractivity contribution in [2.45, 2.75) is 40.2 Å². The SMILES string of the molecule is CCC(C)C(C)/N=C(/C)c1ccccn1. The fraction of sp³-hybridized carbons (Fsp3) is 0.538. The zero-order valence-corrected chi connectivity index (χ0v) is 10.1. The second-order valence-electron chi connectivity index (χ2n) is 4.06. The number of nitrogens with zero attached hydrogens (tertiary/aromatic N) is 2. The summed E-state index contributed by atoms with van der Waals surface area (Å²) in [6.45, 7) is 8.63. The van der Waals surface area contributed by atoms with Gasteiger partial charge in [0.05, 0.1) is 17.4 Å². The van der Waals surface area contributed by atoms with Crippen molar-refractivity contribution >= 4 is 5.71 Å². The molecular weight excluding hydrogens is 184 g/mol. The lowest BCUT2D eigenvalue weighted by molar-refractivity contribution is 0.472. The minimum absolute atomic E-state index is 0.372. The zero-order valence-electron chi connectivity index (χ0n) is 10.1. The van der Waals surface area contributed by atoms with Crippen LogP contribution in [0.1, 0.15) is 39.8 Å². The van der Waals surface area contributed by atoms with Gasteiger partial charge in [-0.2, -0.15) is 0 Å². The van der Waals surface area contributed by atoms with E-state index in [0.29, 0.717) is 12.0 Å². The van der Waals surface area contributed by atoms with Crippen molar-refractivity contribution in [3.05, 3.63) is 30.1 Å². The standard InChI is InChI=1S/C13H20N2/c1-5-10(2)11(3)15-12(4)13-8-6-7-9-14-13/h6-11H,5H2,1-4H3/b15-12-. The summed E-state index contributed by atoms with van der Waals surface area (Å²) in [7, 11) is 0. The van der Waals surface area contributed by atoms with Crippen LogP contribution < -0.4 is 0 Å². The number of hydrogen-bond donors (Lipinski definition) is 0. The Balaban J connectivity index is 2.76. The van der Waals surface area contributed by atoms with Gasteiger partial charge in [-0.25, -0.2) is 0 Å². The first-order chi connectivity index (χ1) is 7.15. The molecule has 1 aromatic rings. The molecule has 0 aliphatic carbocycles. The molecule has 2 atom stereocenters. The molecular formula is C13H20N2. The molecule has 0 amide bonds. The molecule has 0 aromatic carbocycles. The van der Waals surface area contributed by atoms with E-state index < -0.39 is 0 Å². The minimum atomic E-state index is 0.372. The highest BCUT2D eigenvalue weighted by molar-refractivity contribution is 5.96. The van der Waals surface area contributed by atoms with Crippen molar-refractivity contribution in [3.63, 3.8) is 0 Å². The molecule has 0 radical (unpaired) electrons. The van der Waals surface area contributed by atoms with Crippen molar-refractivity contribution in [3.8, 4) is 0 Å². The second kappa shape index (κ2) is 5.64. The third kappa shape index (κ3) is 3.46. The van der Waals surface area contributed by atoms with Gasteiger partial charge in [0, 0.05) is 6.20 Å². The van der Waals surface area contributed by atoms with Crippen LogP contribution in [0.4, 0.5) is 0 Å². The summed E-state index contributed by atoms with van der Waals surface area (Å²) >= 11 is 0. The van der Waals surface area contributed by atoms with Crippen LogP contribution in [-0.4, -0.2) is 16.7 Å². The summed E-state index contributed by atoms with van der Waals surface area (Å²) < 4.78 is 0. The average Bonchev–Trinajstić information content (AvgIpc) is 2.29. The molecule has 15 heavy (non-hydrogen) atoms. The monoisotopic (exact) mass is 204 g/mol. The van der Waals surface area contributed by atoms with Crippen LogP contribution in [-0.2, 0) is 0 Å². The van der Waals surface area contributed by atoms with Crippen molar-refractivity contribution in [1.82, 2.24) is 4.98 Å². The molecule has 0 saturated carbocycles. The number of aliphatic imine (C=N–C) groups is 1. The molecule has 0 saturated heterocycles. The zero-order chi connectivity index (χ0) is 11.3. The van der Waals surface area contributed by atoms with E-state index in [1.54, 1.807) is 0 Å². The van der Waals surface area contributed by atoms with Gasteiger partial charge in [0.1, 0.15) is 0 Å². The topological polar surface area (TPSA) is 25.2 Å². The van der Waals surface area contributed by atoms with E-state index in [1.807, 2.05) is 31.3 Å². The molecule has 0 aliphatic heterocycles. The van der Waals surface area contributed by atoms with Gasteiger partial charge < -0.3 is 0 Å². The van der Waals surface area contributed by atoms with E-state index in [4.69, 9.17) is 0 Å². The van der Waals surface area contributed by atoms with Crippen LogP contribution >= 0.6 is 0 Å². The molecule has 2 unspecified atom stereocenters. The summed E-state index contributed by atoms with van der Waals surface area (Å²) in [4.78, 5) is 8.96. The fourth-order valence-corrected chi connectivity index (χ4v) is 1.42. The van der Waals surface area contributed by atoms with Gasteiger partial charge in [-0.1, -0.05) is 26.3 Å². The molecule has 1 heterocycles. The molecule has 2 heteroatoms. The summed E-state index contributed by atoms with van der Waals surface area (Å²) in [5.74, 6) is 0.628. The Bertz CT molecular complexity index is 317. The highest BCUT2D eigenvalue weighted by Crippen LogP contribution is 2.11. The smallest absolute Gasteiger partial charge is 0.0837 e. The largest absolute Gasteiger partial charge is 0.285 e. The predicted molar refractivity (Wildman–Crippen MR) is 65.4 cm³/mol. The third-order valence-electron chi connectivity index (χ3n) is 2.90. The first-order valence-electron chi connectivity index (χ1n) is 5.61.